The Morgan fingerprint density at radius 2 is 1.85 bits per heavy atom. The van der Waals surface area contributed by atoms with Crippen molar-refractivity contribution in [1.82, 2.24) is 20.0 Å². The van der Waals surface area contributed by atoms with Gasteiger partial charge in [0.05, 0.1) is 4.88 Å². The molecule has 0 bridgehead atoms. The van der Waals surface area contributed by atoms with Crippen molar-refractivity contribution in [2.75, 3.05) is 32.7 Å². The summed E-state index contributed by atoms with van der Waals surface area (Å²) in [6.45, 7) is 4.12. The normalized spacial score (nSPS) is 15.3. The molecule has 134 valence electrons. The van der Waals surface area contributed by atoms with Crippen molar-refractivity contribution < 1.29 is 9.21 Å². The van der Waals surface area contributed by atoms with Gasteiger partial charge in [0, 0.05) is 44.7 Å². The van der Waals surface area contributed by atoms with Crippen molar-refractivity contribution in [3.8, 4) is 11.5 Å². The number of rotatable bonds is 5. The Kier molecular flexibility index (Phi) is 5.08. The van der Waals surface area contributed by atoms with Gasteiger partial charge in [-0.3, -0.25) is 9.69 Å². The van der Waals surface area contributed by atoms with Crippen LogP contribution in [0.5, 0.6) is 0 Å². The van der Waals surface area contributed by atoms with E-state index in [2.05, 4.69) is 15.1 Å². The Morgan fingerprint density at radius 1 is 1.04 bits per heavy atom. The molecule has 1 aromatic carbocycles. The van der Waals surface area contributed by atoms with Crippen LogP contribution in [0.25, 0.3) is 11.5 Å². The number of amides is 1. The Bertz CT molecular complexity index is 840. The van der Waals surface area contributed by atoms with E-state index in [-0.39, 0.29) is 5.91 Å². The zero-order valence-electron chi connectivity index (χ0n) is 14.4. The largest absolute Gasteiger partial charge is 0.421 e. The highest BCUT2D eigenvalue weighted by molar-refractivity contribution is 7.12. The molecule has 0 aliphatic carbocycles. The number of thiophene rings is 1. The minimum atomic E-state index is 0.143. The molecule has 1 aliphatic heterocycles. The van der Waals surface area contributed by atoms with Gasteiger partial charge in [-0.25, -0.2) is 0 Å². The van der Waals surface area contributed by atoms with Crippen molar-refractivity contribution in [2.24, 2.45) is 0 Å². The van der Waals surface area contributed by atoms with E-state index >= 15 is 0 Å². The number of hydrogen-bond acceptors (Lipinski definition) is 6. The third-order valence-electron chi connectivity index (χ3n) is 4.52. The SMILES string of the molecule is O=C(c1cccs1)N1CCN(CCc2nnc(-c3ccccc3)o2)CC1. The molecule has 1 aliphatic rings. The summed E-state index contributed by atoms with van der Waals surface area (Å²) in [5.74, 6) is 1.36. The Morgan fingerprint density at radius 3 is 2.58 bits per heavy atom. The second-order valence-electron chi connectivity index (χ2n) is 6.23. The molecule has 1 fully saturated rings. The van der Waals surface area contributed by atoms with Crippen LogP contribution in [-0.2, 0) is 6.42 Å². The fraction of sp³-hybridized carbons (Fsp3) is 0.316. The van der Waals surface area contributed by atoms with Crippen LogP contribution >= 0.6 is 11.3 Å². The van der Waals surface area contributed by atoms with Crippen LogP contribution in [0.1, 0.15) is 15.6 Å². The van der Waals surface area contributed by atoms with E-state index in [0.29, 0.717) is 11.8 Å². The maximum atomic E-state index is 12.4. The summed E-state index contributed by atoms with van der Waals surface area (Å²) in [7, 11) is 0. The van der Waals surface area contributed by atoms with Gasteiger partial charge in [0.2, 0.25) is 11.8 Å². The van der Waals surface area contributed by atoms with Crippen molar-refractivity contribution in [1.29, 1.82) is 0 Å². The van der Waals surface area contributed by atoms with Gasteiger partial charge < -0.3 is 9.32 Å². The number of nitrogens with zero attached hydrogens (tertiary/aromatic N) is 4. The molecule has 0 atom stereocenters. The molecule has 1 amide bonds. The van der Waals surface area contributed by atoms with Crippen molar-refractivity contribution >= 4 is 17.2 Å². The van der Waals surface area contributed by atoms with Crippen molar-refractivity contribution in [3.05, 3.63) is 58.6 Å². The van der Waals surface area contributed by atoms with E-state index in [1.807, 2.05) is 52.7 Å². The zero-order chi connectivity index (χ0) is 17.8. The average molecular weight is 368 g/mol. The first kappa shape index (κ1) is 16.9. The van der Waals surface area contributed by atoms with E-state index in [0.717, 1.165) is 49.6 Å². The minimum Gasteiger partial charge on any atom is -0.421 e. The summed E-state index contributed by atoms with van der Waals surface area (Å²) in [5.41, 5.74) is 0.937. The maximum absolute atomic E-state index is 12.4. The molecule has 1 saturated heterocycles. The van der Waals surface area contributed by atoms with Crippen molar-refractivity contribution in [3.63, 3.8) is 0 Å². The second kappa shape index (κ2) is 7.80. The van der Waals surface area contributed by atoms with Crippen molar-refractivity contribution in [2.45, 2.75) is 6.42 Å². The standard InChI is InChI=1S/C19H20N4O2S/c24-19(16-7-4-14-26-16)23-12-10-22(11-13-23)9-8-17-20-21-18(25-17)15-5-2-1-3-6-15/h1-7,14H,8-13H2. The van der Waals surface area contributed by atoms with Crippen LogP contribution in [0, 0.1) is 0 Å². The second-order valence-corrected chi connectivity index (χ2v) is 7.18. The molecular weight excluding hydrogens is 348 g/mol. The lowest BCUT2D eigenvalue weighted by Gasteiger charge is -2.34. The fourth-order valence-electron chi connectivity index (χ4n) is 3.04. The van der Waals surface area contributed by atoms with E-state index < -0.39 is 0 Å². The molecule has 2 aromatic heterocycles. The molecule has 0 N–H and O–H groups in total. The molecule has 0 spiro atoms. The molecule has 6 nitrogen and oxygen atoms in total. The molecular formula is C19H20N4O2S. The predicted octanol–water partition coefficient (Wildman–Crippen LogP) is 2.80. The first-order chi connectivity index (χ1) is 12.8. The fourth-order valence-corrected chi connectivity index (χ4v) is 3.73. The van der Waals surface area contributed by atoms with Gasteiger partial charge in [0.1, 0.15) is 0 Å². The van der Waals surface area contributed by atoms with E-state index in [1.54, 1.807) is 0 Å². The van der Waals surface area contributed by atoms with Gasteiger partial charge in [-0.1, -0.05) is 24.3 Å². The number of piperazine rings is 1. The highest BCUT2D eigenvalue weighted by Crippen LogP contribution is 2.18. The van der Waals surface area contributed by atoms with E-state index in [9.17, 15) is 4.79 Å². The number of hydrogen-bond donors (Lipinski definition) is 0. The van der Waals surface area contributed by atoms with Gasteiger partial charge in [0.15, 0.2) is 0 Å². The summed E-state index contributed by atoms with van der Waals surface area (Å²) >= 11 is 1.50. The number of carbonyl (C=O) groups excluding carboxylic acids is 1. The molecule has 0 unspecified atom stereocenters. The number of aromatic nitrogens is 2. The Labute approximate surface area is 156 Å². The Balaban J connectivity index is 1.26. The summed E-state index contributed by atoms with van der Waals surface area (Å²) in [6, 6.07) is 13.6. The first-order valence-corrected chi connectivity index (χ1v) is 9.60. The van der Waals surface area contributed by atoms with Crippen LogP contribution < -0.4 is 0 Å². The van der Waals surface area contributed by atoms with Crippen LogP contribution in [0.2, 0.25) is 0 Å². The quantitative estimate of drug-likeness (QED) is 0.693. The van der Waals surface area contributed by atoms with Gasteiger partial charge in [-0.2, -0.15) is 0 Å². The van der Waals surface area contributed by atoms with Crippen LogP contribution in [0.3, 0.4) is 0 Å². The van der Waals surface area contributed by atoms with Gasteiger partial charge in [0.25, 0.3) is 5.91 Å². The lowest BCUT2D eigenvalue weighted by Crippen LogP contribution is -2.49. The van der Waals surface area contributed by atoms with Crippen LogP contribution in [0.15, 0.2) is 52.3 Å². The van der Waals surface area contributed by atoms with Gasteiger partial charge in [-0.05, 0) is 23.6 Å². The summed E-state index contributed by atoms with van der Waals surface area (Å²) in [6.07, 6.45) is 0.721. The third kappa shape index (κ3) is 3.84. The average Bonchev–Trinajstić information content (AvgIpc) is 3.39. The topological polar surface area (TPSA) is 62.5 Å². The highest BCUT2D eigenvalue weighted by Gasteiger charge is 2.22. The molecule has 7 heteroatoms. The molecule has 0 saturated carbocycles. The number of carbonyl (C=O) groups is 1. The molecule has 3 heterocycles. The lowest BCUT2D eigenvalue weighted by atomic mass is 10.2. The summed E-state index contributed by atoms with van der Waals surface area (Å²) in [5, 5.41) is 10.2. The summed E-state index contributed by atoms with van der Waals surface area (Å²) in [4.78, 5) is 17.5. The maximum Gasteiger partial charge on any atom is 0.264 e. The minimum absolute atomic E-state index is 0.143. The zero-order valence-corrected chi connectivity index (χ0v) is 15.2. The third-order valence-corrected chi connectivity index (χ3v) is 5.38. The molecule has 0 radical (unpaired) electrons. The van der Waals surface area contributed by atoms with Gasteiger partial charge >= 0.3 is 0 Å². The number of benzene rings is 1. The lowest BCUT2D eigenvalue weighted by molar-refractivity contribution is 0.0641. The van der Waals surface area contributed by atoms with Crippen LogP contribution in [-0.4, -0.2) is 58.6 Å². The molecule has 26 heavy (non-hydrogen) atoms. The van der Waals surface area contributed by atoms with E-state index in [4.69, 9.17) is 4.42 Å². The van der Waals surface area contributed by atoms with Gasteiger partial charge in [-0.15, -0.1) is 21.5 Å². The highest BCUT2D eigenvalue weighted by atomic mass is 32.1. The summed E-state index contributed by atoms with van der Waals surface area (Å²) < 4.78 is 5.76. The Hall–Kier alpha value is -2.51. The van der Waals surface area contributed by atoms with E-state index in [1.165, 1.54) is 11.3 Å². The molecule has 3 aromatic rings. The monoisotopic (exact) mass is 368 g/mol. The smallest absolute Gasteiger partial charge is 0.264 e. The predicted molar refractivity (Wildman–Crippen MR) is 100 cm³/mol. The van der Waals surface area contributed by atoms with Crippen LogP contribution in [0.4, 0.5) is 0 Å². The molecule has 4 rings (SSSR count). The first-order valence-electron chi connectivity index (χ1n) is 8.72.